The fourth-order valence-corrected chi connectivity index (χ4v) is 5.93. The summed E-state index contributed by atoms with van der Waals surface area (Å²) in [6.07, 6.45) is 66.2. The Hall–Kier alpha value is -4.19. The van der Waals surface area contributed by atoms with Crippen LogP contribution in [0.1, 0.15) is 188 Å². The molecule has 0 fully saturated rings. The first-order chi connectivity index (χ1) is 30.0. The molecule has 0 saturated heterocycles. The van der Waals surface area contributed by atoms with E-state index in [9.17, 15) is 14.4 Å². The van der Waals surface area contributed by atoms with E-state index in [0.717, 1.165) is 141 Å². The lowest BCUT2D eigenvalue weighted by Crippen LogP contribution is -2.30. The van der Waals surface area contributed by atoms with E-state index in [0.29, 0.717) is 19.3 Å². The number of unbranched alkanes of at least 4 members (excludes halogenated alkanes) is 10. The molecule has 0 aromatic carbocycles. The number of hydrogen-bond donors (Lipinski definition) is 0. The molecule has 0 saturated carbocycles. The molecule has 0 aliphatic heterocycles. The molecule has 0 N–H and O–H groups in total. The van der Waals surface area contributed by atoms with Crippen molar-refractivity contribution in [3.8, 4) is 0 Å². The Morgan fingerprint density at radius 1 is 0.328 bits per heavy atom. The Balaban J connectivity index is 4.51. The lowest BCUT2D eigenvalue weighted by Gasteiger charge is -2.18. The largest absolute Gasteiger partial charge is 0.462 e. The minimum Gasteiger partial charge on any atom is -0.462 e. The van der Waals surface area contributed by atoms with Gasteiger partial charge in [0.15, 0.2) is 6.10 Å². The van der Waals surface area contributed by atoms with Crippen LogP contribution in [0.5, 0.6) is 0 Å². The van der Waals surface area contributed by atoms with Crippen molar-refractivity contribution in [3.63, 3.8) is 0 Å². The van der Waals surface area contributed by atoms with Gasteiger partial charge in [0.2, 0.25) is 0 Å². The van der Waals surface area contributed by atoms with E-state index in [4.69, 9.17) is 14.2 Å². The van der Waals surface area contributed by atoms with E-state index in [1.54, 1.807) is 0 Å². The first-order valence-corrected chi connectivity index (χ1v) is 24.0. The van der Waals surface area contributed by atoms with Gasteiger partial charge in [-0.15, -0.1) is 0 Å². The molecule has 1 unspecified atom stereocenters. The van der Waals surface area contributed by atoms with Gasteiger partial charge in [-0.25, -0.2) is 0 Å². The predicted octanol–water partition coefficient (Wildman–Crippen LogP) is 15.7. The molecule has 61 heavy (non-hydrogen) atoms. The van der Waals surface area contributed by atoms with E-state index in [1.807, 2.05) is 0 Å². The molecule has 0 aromatic rings. The lowest BCUT2D eigenvalue weighted by molar-refractivity contribution is -0.167. The third-order valence-corrected chi connectivity index (χ3v) is 9.44. The smallest absolute Gasteiger partial charge is 0.306 e. The van der Waals surface area contributed by atoms with Gasteiger partial charge in [-0.05, 0) is 122 Å². The highest BCUT2D eigenvalue weighted by Gasteiger charge is 2.19. The second-order valence-corrected chi connectivity index (χ2v) is 15.2. The first kappa shape index (κ1) is 56.8. The van der Waals surface area contributed by atoms with Crippen LogP contribution >= 0.6 is 0 Å². The topological polar surface area (TPSA) is 78.9 Å². The molecule has 342 valence electrons. The molecular weight excluding hydrogens is 757 g/mol. The Bertz CT molecular complexity index is 1340. The summed E-state index contributed by atoms with van der Waals surface area (Å²) < 4.78 is 16.7. The summed E-state index contributed by atoms with van der Waals surface area (Å²) in [5.41, 5.74) is 0. The standard InChI is InChI=1S/C55H86O6/c1-4-7-10-13-16-19-22-25-26-27-28-29-30-31-34-36-39-42-45-48-54(57)60-51-52(61-55(58)49-46-43-40-37-33-24-21-18-15-12-9-6-3)50-59-53(56)47-44-41-38-35-32-23-20-17-14-11-8-5-2/h7-12,16-21,25-26,28-29,31,33-34,37,52H,4-6,13-15,22-24,27,30,32,35-36,38-51H2,1-3H3/b10-7-,11-8-,12-9-,19-16-,20-17-,21-18-,26-25-,29-28-,34-31-,37-33-. The molecule has 6 heteroatoms. The fourth-order valence-electron chi connectivity index (χ4n) is 5.93. The van der Waals surface area contributed by atoms with Crippen LogP contribution in [0.4, 0.5) is 0 Å². The van der Waals surface area contributed by atoms with Crippen molar-refractivity contribution < 1.29 is 28.6 Å². The summed E-state index contributed by atoms with van der Waals surface area (Å²) in [5, 5.41) is 0. The monoisotopic (exact) mass is 843 g/mol. The number of allylic oxidation sites excluding steroid dienone is 20. The molecule has 1 atom stereocenters. The molecule has 0 amide bonds. The minimum absolute atomic E-state index is 0.116. The van der Waals surface area contributed by atoms with E-state index in [1.165, 1.54) is 0 Å². The number of esters is 3. The third-order valence-electron chi connectivity index (χ3n) is 9.44. The lowest BCUT2D eigenvalue weighted by atomic mass is 10.1. The van der Waals surface area contributed by atoms with E-state index in [-0.39, 0.29) is 37.5 Å². The molecule has 0 spiro atoms. The average Bonchev–Trinajstić information content (AvgIpc) is 3.26. The van der Waals surface area contributed by atoms with Crippen LogP contribution in [0.2, 0.25) is 0 Å². The molecule has 6 nitrogen and oxygen atoms in total. The van der Waals surface area contributed by atoms with Crippen LogP contribution in [0.3, 0.4) is 0 Å². The van der Waals surface area contributed by atoms with Crippen LogP contribution in [-0.2, 0) is 28.6 Å². The van der Waals surface area contributed by atoms with Crippen molar-refractivity contribution in [1.29, 1.82) is 0 Å². The summed E-state index contributed by atoms with van der Waals surface area (Å²) in [7, 11) is 0. The van der Waals surface area contributed by atoms with Gasteiger partial charge in [0, 0.05) is 19.3 Å². The SMILES string of the molecule is CC/C=C\C/C=C\C/C=C\C/C=C\C/C=C\CCCCCC(=O)OCC(COC(=O)CCCCCCC/C=C\C/C=C\CC)OC(=O)CCCC/C=C\C/C=C\C/C=C\CC. The van der Waals surface area contributed by atoms with Gasteiger partial charge < -0.3 is 14.2 Å². The average molecular weight is 843 g/mol. The Morgan fingerprint density at radius 3 is 0.967 bits per heavy atom. The van der Waals surface area contributed by atoms with E-state index >= 15 is 0 Å². The second kappa shape index (κ2) is 48.5. The maximum absolute atomic E-state index is 12.7. The van der Waals surface area contributed by atoms with Crippen molar-refractivity contribution in [2.75, 3.05) is 13.2 Å². The van der Waals surface area contributed by atoms with Crippen molar-refractivity contribution in [2.24, 2.45) is 0 Å². The van der Waals surface area contributed by atoms with Crippen LogP contribution in [0.25, 0.3) is 0 Å². The van der Waals surface area contributed by atoms with Gasteiger partial charge in [0.25, 0.3) is 0 Å². The van der Waals surface area contributed by atoms with E-state index in [2.05, 4.69) is 142 Å². The zero-order valence-electron chi connectivity index (χ0n) is 38.9. The molecule has 0 rings (SSSR count). The number of ether oxygens (including phenoxy) is 3. The van der Waals surface area contributed by atoms with Crippen molar-refractivity contribution in [1.82, 2.24) is 0 Å². The van der Waals surface area contributed by atoms with Gasteiger partial charge >= 0.3 is 17.9 Å². The van der Waals surface area contributed by atoms with Gasteiger partial charge in [0.1, 0.15) is 13.2 Å². The van der Waals surface area contributed by atoms with Crippen molar-refractivity contribution in [2.45, 2.75) is 194 Å². The van der Waals surface area contributed by atoms with Crippen LogP contribution in [0, 0.1) is 0 Å². The molecule has 0 aromatic heterocycles. The zero-order valence-corrected chi connectivity index (χ0v) is 38.9. The highest BCUT2D eigenvalue weighted by atomic mass is 16.6. The second-order valence-electron chi connectivity index (χ2n) is 15.2. The molecule has 0 radical (unpaired) electrons. The predicted molar refractivity (Wildman–Crippen MR) is 260 cm³/mol. The number of carbonyl (C=O) groups excluding carboxylic acids is 3. The molecular formula is C55H86O6. The Labute approximate surface area is 373 Å². The molecule has 0 aliphatic carbocycles. The summed E-state index contributed by atoms with van der Waals surface area (Å²) in [5.74, 6) is -1.02. The van der Waals surface area contributed by atoms with Gasteiger partial charge in [-0.1, -0.05) is 168 Å². The summed E-state index contributed by atoms with van der Waals surface area (Å²) >= 11 is 0. The molecule has 0 heterocycles. The number of carbonyl (C=O) groups is 3. The van der Waals surface area contributed by atoms with Gasteiger partial charge in [-0.3, -0.25) is 14.4 Å². The Morgan fingerprint density at radius 2 is 0.590 bits per heavy atom. The maximum atomic E-state index is 12.7. The molecule has 0 aliphatic rings. The summed E-state index contributed by atoms with van der Waals surface area (Å²) in [4.78, 5) is 37.8. The highest BCUT2D eigenvalue weighted by molar-refractivity contribution is 5.71. The fraction of sp³-hybridized carbons (Fsp3) is 0.582. The highest BCUT2D eigenvalue weighted by Crippen LogP contribution is 2.11. The third kappa shape index (κ3) is 46.7. The quantitative estimate of drug-likeness (QED) is 0.0264. The first-order valence-electron chi connectivity index (χ1n) is 24.0. The Kier molecular flexibility index (Phi) is 45.1. The van der Waals surface area contributed by atoms with Crippen LogP contribution in [-0.4, -0.2) is 37.2 Å². The van der Waals surface area contributed by atoms with E-state index < -0.39 is 6.10 Å². The number of rotatable bonds is 41. The van der Waals surface area contributed by atoms with Crippen molar-refractivity contribution in [3.05, 3.63) is 122 Å². The molecule has 0 bridgehead atoms. The zero-order chi connectivity index (χ0) is 44.4. The maximum Gasteiger partial charge on any atom is 0.306 e. The van der Waals surface area contributed by atoms with Crippen molar-refractivity contribution >= 4 is 17.9 Å². The summed E-state index contributed by atoms with van der Waals surface area (Å²) in [6, 6.07) is 0. The minimum atomic E-state index is -0.819. The number of hydrogen-bond acceptors (Lipinski definition) is 6. The van der Waals surface area contributed by atoms with Crippen LogP contribution < -0.4 is 0 Å². The normalized spacial score (nSPS) is 13.2. The van der Waals surface area contributed by atoms with Gasteiger partial charge in [-0.2, -0.15) is 0 Å². The van der Waals surface area contributed by atoms with Gasteiger partial charge in [0.05, 0.1) is 0 Å². The summed E-state index contributed by atoms with van der Waals surface area (Å²) in [6.45, 7) is 6.19. The van der Waals surface area contributed by atoms with Crippen LogP contribution in [0.15, 0.2) is 122 Å².